The zero-order valence-corrected chi connectivity index (χ0v) is 14.9. The first kappa shape index (κ1) is 20.5. The minimum atomic E-state index is -1.01. The lowest BCUT2D eigenvalue weighted by molar-refractivity contribution is -0.132. The predicted octanol–water partition coefficient (Wildman–Crippen LogP) is 3.15. The zero-order valence-electron chi connectivity index (χ0n) is 14.9. The first-order valence-corrected chi connectivity index (χ1v) is 8.56. The number of carbonyl (C=O) groups is 2. The first-order valence-electron chi connectivity index (χ1n) is 8.56. The van der Waals surface area contributed by atoms with Crippen molar-refractivity contribution in [2.45, 2.75) is 31.8 Å². The van der Waals surface area contributed by atoms with Crippen LogP contribution in [0.4, 0.5) is 4.39 Å². The van der Waals surface area contributed by atoms with Gasteiger partial charge in [-0.1, -0.05) is 24.3 Å². The molecule has 0 bridgehead atoms. The summed E-state index contributed by atoms with van der Waals surface area (Å²) in [4.78, 5) is 22.7. The molecule has 7 heteroatoms. The summed E-state index contributed by atoms with van der Waals surface area (Å²) in [6.07, 6.45) is -0.166. The average Bonchev–Trinajstić information content (AvgIpc) is 2.67. The maximum Gasteiger partial charge on any atom is 0.335 e. The number of hydroxylamine groups is 1. The lowest BCUT2D eigenvalue weighted by Crippen LogP contribution is -2.31. The van der Waals surface area contributed by atoms with Crippen LogP contribution in [0.3, 0.4) is 0 Å². The molecule has 0 saturated carbocycles. The Bertz CT molecular complexity index is 761. The Hall–Kier alpha value is -2.77. The van der Waals surface area contributed by atoms with Gasteiger partial charge in [0.1, 0.15) is 5.82 Å². The summed E-state index contributed by atoms with van der Waals surface area (Å²) in [5, 5.41) is 17.9. The van der Waals surface area contributed by atoms with Crippen molar-refractivity contribution in [3.05, 3.63) is 71.0 Å². The highest BCUT2D eigenvalue weighted by molar-refractivity contribution is 5.87. The topological polar surface area (TPSA) is 95.9 Å². The predicted molar refractivity (Wildman–Crippen MR) is 96.2 cm³/mol. The number of aromatic carboxylic acids is 1. The molecule has 2 atom stereocenters. The van der Waals surface area contributed by atoms with E-state index in [4.69, 9.17) is 15.1 Å². The highest BCUT2D eigenvalue weighted by Crippen LogP contribution is 2.29. The first-order chi connectivity index (χ1) is 12.9. The fourth-order valence-electron chi connectivity index (χ4n) is 2.97. The molecule has 0 heterocycles. The normalized spacial score (nSPS) is 13.0. The fraction of sp³-hybridized carbons (Fsp3) is 0.300. The van der Waals surface area contributed by atoms with Gasteiger partial charge in [-0.2, -0.15) is 0 Å². The van der Waals surface area contributed by atoms with E-state index in [1.54, 1.807) is 36.7 Å². The molecule has 2 aromatic carbocycles. The average molecular weight is 375 g/mol. The molecule has 0 radical (unpaired) electrons. The van der Waals surface area contributed by atoms with Crippen molar-refractivity contribution in [2.75, 3.05) is 6.61 Å². The minimum Gasteiger partial charge on any atom is -0.478 e. The molecule has 1 amide bonds. The Labute approximate surface area is 156 Å². The van der Waals surface area contributed by atoms with E-state index in [9.17, 15) is 14.0 Å². The second-order valence-corrected chi connectivity index (χ2v) is 6.10. The van der Waals surface area contributed by atoms with Gasteiger partial charge < -0.3 is 9.84 Å². The molecule has 0 spiro atoms. The quantitative estimate of drug-likeness (QED) is 0.462. The maximum atomic E-state index is 13.3. The van der Waals surface area contributed by atoms with E-state index in [1.807, 2.05) is 0 Å². The fourth-order valence-corrected chi connectivity index (χ4v) is 2.97. The molecule has 0 aliphatic carbocycles. The van der Waals surface area contributed by atoms with Crippen LogP contribution < -0.4 is 5.48 Å². The Morgan fingerprint density at radius 2 is 1.74 bits per heavy atom. The molecule has 27 heavy (non-hydrogen) atoms. The van der Waals surface area contributed by atoms with E-state index in [0.717, 1.165) is 11.1 Å². The van der Waals surface area contributed by atoms with Crippen LogP contribution in [-0.4, -0.2) is 34.9 Å². The van der Waals surface area contributed by atoms with Gasteiger partial charge in [0.15, 0.2) is 0 Å². The number of nitrogens with one attached hydrogen (secondary N) is 1. The van der Waals surface area contributed by atoms with Crippen LogP contribution in [0.1, 0.15) is 40.7 Å². The monoisotopic (exact) mass is 375 g/mol. The number of carboxylic acid groups (broad SMARTS) is 1. The Morgan fingerprint density at radius 1 is 1.11 bits per heavy atom. The standard InChI is InChI=1S/C20H22FNO5/c1-2-27-18(12-19(23)22-26)17(14-7-9-16(21)10-8-14)11-13-3-5-15(6-4-13)20(24)25/h3-10,17-18,26H,2,11-12H2,1H3,(H,22,23)(H,24,25). The second-order valence-electron chi connectivity index (χ2n) is 6.10. The van der Waals surface area contributed by atoms with E-state index in [2.05, 4.69) is 0 Å². The molecule has 2 unspecified atom stereocenters. The molecule has 6 nitrogen and oxygen atoms in total. The van der Waals surface area contributed by atoms with Gasteiger partial charge in [0, 0.05) is 12.5 Å². The van der Waals surface area contributed by atoms with Crippen LogP contribution in [-0.2, 0) is 16.0 Å². The maximum absolute atomic E-state index is 13.3. The third-order valence-corrected chi connectivity index (χ3v) is 4.30. The summed E-state index contributed by atoms with van der Waals surface area (Å²) in [6.45, 7) is 2.16. The van der Waals surface area contributed by atoms with Crippen molar-refractivity contribution in [2.24, 2.45) is 0 Å². The van der Waals surface area contributed by atoms with Crippen molar-refractivity contribution in [1.82, 2.24) is 5.48 Å². The molecular weight excluding hydrogens is 353 g/mol. The van der Waals surface area contributed by atoms with Crippen LogP contribution in [0.2, 0.25) is 0 Å². The van der Waals surface area contributed by atoms with Crippen LogP contribution in [0.5, 0.6) is 0 Å². The van der Waals surface area contributed by atoms with Crippen LogP contribution in [0, 0.1) is 5.82 Å². The van der Waals surface area contributed by atoms with Crippen LogP contribution in [0.15, 0.2) is 48.5 Å². The third-order valence-electron chi connectivity index (χ3n) is 4.30. The SMILES string of the molecule is CCOC(CC(=O)NO)C(Cc1ccc(C(=O)O)cc1)c1ccc(F)cc1. The van der Waals surface area contributed by atoms with E-state index in [-0.39, 0.29) is 23.7 Å². The second kappa shape index (κ2) is 9.80. The Balaban J connectivity index is 2.33. The smallest absolute Gasteiger partial charge is 0.335 e. The van der Waals surface area contributed by atoms with Crippen LogP contribution in [0.25, 0.3) is 0 Å². The molecule has 2 aromatic rings. The lowest BCUT2D eigenvalue weighted by atomic mass is 9.85. The van der Waals surface area contributed by atoms with E-state index >= 15 is 0 Å². The van der Waals surface area contributed by atoms with Crippen molar-refractivity contribution < 1.29 is 29.0 Å². The summed E-state index contributed by atoms with van der Waals surface area (Å²) >= 11 is 0. The summed E-state index contributed by atoms with van der Waals surface area (Å²) in [7, 11) is 0. The van der Waals surface area contributed by atoms with Gasteiger partial charge in [0.05, 0.1) is 18.1 Å². The summed E-state index contributed by atoms with van der Waals surface area (Å²) in [5.74, 6) is -2.26. The number of carboxylic acids is 1. The van der Waals surface area contributed by atoms with Gasteiger partial charge in [-0.25, -0.2) is 14.7 Å². The molecule has 0 fully saturated rings. The van der Waals surface area contributed by atoms with E-state index in [0.29, 0.717) is 13.0 Å². The lowest BCUT2D eigenvalue weighted by Gasteiger charge is -2.27. The largest absolute Gasteiger partial charge is 0.478 e. The van der Waals surface area contributed by atoms with Gasteiger partial charge >= 0.3 is 5.97 Å². The number of ether oxygens (including phenoxy) is 1. The molecule has 144 valence electrons. The minimum absolute atomic E-state index is 0.0698. The zero-order chi connectivity index (χ0) is 19.8. The molecule has 0 aliphatic heterocycles. The van der Waals surface area contributed by atoms with Gasteiger partial charge in [0.2, 0.25) is 5.91 Å². The molecule has 2 rings (SSSR count). The summed E-state index contributed by atoms with van der Waals surface area (Å²) in [5.41, 5.74) is 3.42. The number of carbonyl (C=O) groups excluding carboxylic acids is 1. The highest BCUT2D eigenvalue weighted by Gasteiger charge is 2.27. The Morgan fingerprint density at radius 3 is 2.26 bits per heavy atom. The molecule has 0 aliphatic rings. The van der Waals surface area contributed by atoms with Gasteiger partial charge in [-0.05, 0) is 48.7 Å². The molecular formula is C20H22FNO5. The highest BCUT2D eigenvalue weighted by atomic mass is 19.1. The molecule has 0 aromatic heterocycles. The number of rotatable bonds is 9. The Kier molecular flexibility index (Phi) is 7.45. The van der Waals surface area contributed by atoms with E-state index < -0.39 is 18.0 Å². The van der Waals surface area contributed by atoms with Gasteiger partial charge in [0.25, 0.3) is 0 Å². The van der Waals surface area contributed by atoms with Crippen molar-refractivity contribution in [1.29, 1.82) is 0 Å². The van der Waals surface area contributed by atoms with Gasteiger partial charge in [-0.15, -0.1) is 0 Å². The van der Waals surface area contributed by atoms with Gasteiger partial charge in [-0.3, -0.25) is 10.0 Å². The number of hydrogen-bond acceptors (Lipinski definition) is 4. The summed E-state index contributed by atoms with van der Waals surface area (Å²) < 4.78 is 19.1. The number of benzene rings is 2. The third kappa shape index (κ3) is 5.87. The molecule has 3 N–H and O–H groups in total. The van der Waals surface area contributed by atoms with E-state index in [1.165, 1.54) is 24.3 Å². The van der Waals surface area contributed by atoms with Crippen molar-refractivity contribution >= 4 is 11.9 Å². The number of amides is 1. The van der Waals surface area contributed by atoms with Crippen molar-refractivity contribution in [3.8, 4) is 0 Å². The summed E-state index contributed by atoms with van der Waals surface area (Å²) in [6, 6.07) is 12.4. The number of halogens is 1. The van der Waals surface area contributed by atoms with Crippen molar-refractivity contribution in [3.63, 3.8) is 0 Å². The van der Waals surface area contributed by atoms with Crippen LogP contribution >= 0.6 is 0 Å². The molecule has 0 saturated heterocycles. The number of hydrogen-bond donors (Lipinski definition) is 3.